The van der Waals surface area contributed by atoms with Crippen molar-refractivity contribution < 1.29 is 4.79 Å². The zero-order valence-corrected chi connectivity index (χ0v) is 12.9. The second-order valence-corrected chi connectivity index (χ2v) is 5.63. The molecule has 0 atom stereocenters. The van der Waals surface area contributed by atoms with Crippen molar-refractivity contribution in [3.8, 4) is 0 Å². The van der Waals surface area contributed by atoms with Gasteiger partial charge < -0.3 is 10.2 Å². The molecule has 0 bridgehead atoms. The fraction of sp³-hybridized carbons (Fsp3) is 0.467. The largest absolute Gasteiger partial charge is 0.355 e. The smallest absolute Gasteiger partial charge is 0.271 e. The van der Waals surface area contributed by atoms with E-state index in [-0.39, 0.29) is 11.9 Å². The highest BCUT2D eigenvalue weighted by molar-refractivity contribution is 5.92. The lowest BCUT2D eigenvalue weighted by atomic mass is 10.0. The first kappa shape index (κ1) is 14.5. The molecular formula is C15H20N6O. The van der Waals surface area contributed by atoms with E-state index < -0.39 is 0 Å². The Morgan fingerprint density at radius 3 is 2.73 bits per heavy atom. The van der Waals surface area contributed by atoms with Gasteiger partial charge in [0.05, 0.1) is 11.9 Å². The molecule has 7 nitrogen and oxygen atoms in total. The van der Waals surface area contributed by atoms with E-state index in [1.165, 1.54) is 0 Å². The van der Waals surface area contributed by atoms with Crippen LogP contribution in [-0.4, -0.2) is 44.8 Å². The quantitative estimate of drug-likeness (QED) is 0.912. The van der Waals surface area contributed by atoms with Crippen LogP contribution in [0.15, 0.2) is 24.7 Å². The molecule has 0 radical (unpaired) electrons. The number of nitrogens with zero attached hydrogens (tertiary/aromatic N) is 5. The second-order valence-electron chi connectivity index (χ2n) is 5.63. The van der Waals surface area contributed by atoms with Gasteiger partial charge in [-0.15, -0.1) is 0 Å². The predicted octanol–water partition coefficient (Wildman–Crippen LogP) is 0.917. The van der Waals surface area contributed by atoms with Gasteiger partial charge in [0.15, 0.2) is 0 Å². The van der Waals surface area contributed by atoms with Gasteiger partial charge in [0.1, 0.15) is 11.5 Å². The van der Waals surface area contributed by atoms with E-state index in [0.717, 1.165) is 37.4 Å². The van der Waals surface area contributed by atoms with Crippen LogP contribution in [0.5, 0.6) is 0 Å². The monoisotopic (exact) mass is 300 g/mol. The molecule has 7 heteroatoms. The molecule has 1 aliphatic rings. The molecule has 1 amide bonds. The molecule has 1 aliphatic heterocycles. The lowest BCUT2D eigenvalue weighted by Crippen LogP contribution is -2.45. The van der Waals surface area contributed by atoms with E-state index in [1.807, 2.05) is 6.92 Å². The first-order chi connectivity index (χ1) is 10.6. The molecule has 22 heavy (non-hydrogen) atoms. The number of nitrogens with one attached hydrogen (secondary N) is 1. The van der Waals surface area contributed by atoms with Crippen molar-refractivity contribution >= 4 is 11.7 Å². The van der Waals surface area contributed by atoms with Gasteiger partial charge in [0, 0.05) is 38.6 Å². The molecule has 0 aromatic carbocycles. The molecule has 2 aromatic rings. The fourth-order valence-corrected chi connectivity index (χ4v) is 2.65. The lowest BCUT2D eigenvalue weighted by molar-refractivity contribution is 0.0925. The van der Waals surface area contributed by atoms with Crippen LogP contribution in [0.3, 0.4) is 0 Å². The number of anilines is 1. The Morgan fingerprint density at radius 1 is 1.32 bits per heavy atom. The molecule has 2 aromatic heterocycles. The normalized spacial score (nSPS) is 15.8. The van der Waals surface area contributed by atoms with Crippen LogP contribution in [0.1, 0.15) is 29.0 Å². The average molecular weight is 300 g/mol. The summed E-state index contributed by atoms with van der Waals surface area (Å²) in [4.78, 5) is 23.0. The van der Waals surface area contributed by atoms with Crippen molar-refractivity contribution in [1.29, 1.82) is 0 Å². The van der Waals surface area contributed by atoms with E-state index in [1.54, 1.807) is 36.4 Å². The first-order valence-corrected chi connectivity index (χ1v) is 7.46. The van der Waals surface area contributed by atoms with Crippen molar-refractivity contribution in [3.05, 3.63) is 36.0 Å². The zero-order valence-electron chi connectivity index (χ0n) is 12.9. The molecule has 3 heterocycles. The van der Waals surface area contributed by atoms with E-state index >= 15 is 0 Å². The highest BCUT2D eigenvalue weighted by Gasteiger charge is 2.22. The lowest BCUT2D eigenvalue weighted by Gasteiger charge is -2.32. The highest BCUT2D eigenvalue weighted by atomic mass is 16.2. The number of carbonyl (C=O) groups excluding carboxylic acids is 1. The van der Waals surface area contributed by atoms with Gasteiger partial charge in [-0.25, -0.2) is 4.98 Å². The Labute approximate surface area is 129 Å². The first-order valence-electron chi connectivity index (χ1n) is 7.46. The predicted molar refractivity (Wildman–Crippen MR) is 82.7 cm³/mol. The van der Waals surface area contributed by atoms with Gasteiger partial charge in [-0.1, -0.05) is 0 Å². The van der Waals surface area contributed by atoms with Crippen molar-refractivity contribution in [3.63, 3.8) is 0 Å². The molecule has 1 fully saturated rings. The van der Waals surface area contributed by atoms with Crippen LogP contribution in [0.4, 0.5) is 5.82 Å². The molecule has 3 rings (SSSR count). The maximum Gasteiger partial charge on any atom is 0.271 e. The van der Waals surface area contributed by atoms with E-state index in [0.29, 0.717) is 5.69 Å². The van der Waals surface area contributed by atoms with Crippen LogP contribution in [0.25, 0.3) is 0 Å². The molecular weight excluding hydrogens is 280 g/mol. The molecule has 116 valence electrons. The summed E-state index contributed by atoms with van der Waals surface area (Å²) in [5, 5.41) is 7.18. The van der Waals surface area contributed by atoms with Crippen molar-refractivity contribution in [2.24, 2.45) is 7.05 Å². The van der Waals surface area contributed by atoms with Crippen LogP contribution < -0.4 is 10.2 Å². The number of aryl methyl sites for hydroxylation is 2. The van der Waals surface area contributed by atoms with Gasteiger partial charge in [0.2, 0.25) is 0 Å². The third-order valence-corrected chi connectivity index (χ3v) is 3.84. The maximum atomic E-state index is 12.1. The van der Waals surface area contributed by atoms with Crippen molar-refractivity contribution in [1.82, 2.24) is 25.1 Å². The summed E-state index contributed by atoms with van der Waals surface area (Å²) in [7, 11) is 1.80. The van der Waals surface area contributed by atoms with E-state index in [9.17, 15) is 4.79 Å². The second kappa shape index (κ2) is 6.13. The van der Waals surface area contributed by atoms with Crippen LogP contribution in [-0.2, 0) is 7.05 Å². The number of carbonyl (C=O) groups is 1. The molecule has 0 saturated carbocycles. The van der Waals surface area contributed by atoms with E-state index in [4.69, 9.17) is 0 Å². The van der Waals surface area contributed by atoms with Crippen LogP contribution in [0, 0.1) is 6.92 Å². The number of aromatic nitrogens is 4. The van der Waals surface area contributed by atoms with E-state index in [2.05, 4.69) is 25.3 Å². The minimum Gasteiger partial charge on any atom is -0.355 e. The Bertz CT molecular complexity index is 660. The molecule has 0 unspecified atom stereocenters. The minimum absolute atomic E-state index is 0.102. The summed E-state index contributed by atoms with van der Waals surface area (Å²) in [5.41, 5.74) is 1.39. The van der Waals surface area contributed by atoms with Gasteiger partial charge in [-0.3, -0.25) is 14.5 Å². The number of amides is 1. The average Bonchev–Trinajstić information content (AvgIpc) is 2.95. The van der Waals surface area contributed by atoms with Gasteiger partial charge in [0.25, 0.3) is 5.91 Å². The summed E-state index contributed by atoms with van der Waals surface area (Å²) in [6.07, 6.45) is 7.11. The molecule has 0 spiro atoms. The van der Waals surface area contributed by atoms with Crippen molar-refractivity contribution in [2.75, 3.05) is 18.0 Å². The fourth-order valence-electron chi connectivity index (χ4n) is 2.65. The maximum absolute atomic E-state index is 12.1. The van der Waals surface area contributed by atoms with Crippen LogP contribution >= 0.6 is 0 Å². The minimum atomic E-state index is -0.102. The third-order valence-electron chi connectivity index (χ3n) is 3.84. The summed E-state index contributed by atoms with van der Waals surface area (Å²) in [5.74, 6) is 0.809. The van der Waals surface area contributed by atoms with Gasteiger partial charge in [-0.05, 0) is 25.8 Å². The number of piperidine rings is 1. The zero-order chi connectivity index (χ0) is 15.5. The summed E-state index contributed by atoms with van der Waals surface area (Å²) < 4.78 is 1.63. The summed E-state index contributed by atoms with van der Waals surface area (Å²) in [6.45, 7) is 3.67. The Morgan fingerprint density at radius 2 is 2.09 bits per heavy atom. The Hall–Kier alpha value is -2.44. The Balaban J connectivity index is 1.54. The van der Waals surface area contributed by atoms with Crippen molar-refractivity contribution in [2.45, 2.75) is 25.8 Å². The number of hydrogen-bond donors (Lipinski definition) is 1. The SMILES string of the molecule is Cc1cncc(N2CCC(NC(=O)c3ccn(C)n3)CC2)n1. The molecule has 1 saturated heterocycles. The highest BCUT2D eigenvalue weighted by Crippen LogP contribution is 2.17. The Kier molecular flexibility index (Phi) is 4.04. The van der Waals surface area contributed by atoms with Gasteiger partial charge in [-0.2, -0.15) is 5.10 Å². The summed E-state index contributed by atoms with van der Waals surface area (Å²) in [6, 6.07) is 1.91. The van der Waals surface area contributed by atoms with Gasteiger partial charge >= 0.3 is 0 Å². The topological polar surface area (TPSA) is 75.9 Å². The number of rotatable bonds is 3. The number of hydrogen-bond acceptors (Lipinski definition) is 5. The third kappa shape index (κ3) is 3.24. The van der Waals surface area contributed by atoms with Crippen LogP contribution in [0.2, 0.25) is 0 Å². The molecule has 0 aliphatic carbocycles. The standard InChI is InChI=1S/C15H20N6O/c1-11-9-16-10-14(17-11)21-7-3-12(4-8-21)18-15(22)13-5-6-20(2)19-13/h5-6,9-10,12H,3-4,7-8H2,1-2H3,(H,18,22). The summed E-state index contributed by atoms with van der Waals surface area (Å²) >= 11 is 0. The molecule has 1 N–H and O–H groups in total.